The molecule has 3 rings (SSSR count). The smallest absolute Gasteiger partial charge is 0.198 e. The van der Waals surface area contributed by atoms with Gasteiger partial charge in [-0.1, -0.05) is 19.8 Å². The summed E-state index contributed by atoms with van der Waals surface area (Å²) in [7, 11) is 0. The summed E-state index contributed by atoms with van der Waals surface area (Å²) in [5, 5.41) is 22.4. The third kappa shape index (κ3) is 5.32. The number of aromatic hydroxyl groups is 1. The number of nitrogens with zero attached hydrogens (tertiary/aromatic N) is 3. The van der Waals surface area contributed by atoms with E-state index < -0.39 is 5.82 Å². The molecule has 1 saturated heterocycles. The lowest BCUT2D eigenvalue weighted by Gasteiger charge is -2.37. The van der Waals surface area contributed by atoms with E-state index >= 15 is 0 Å². The van der Waals surface area contributed by atoms with E-state index in [0.717, 1.165) is 32.6 Å². The maximum atomic E-state index is 13.7. The first-order valence-electron chi connectivity index (χ1n) is 9.98. The van der Waals surface area contributed by atoms with Gasteiger partial charge in [-0.15, -0.1) is 0 Å². The number of anilines is 1. The van der Waals surface area contributed by atoms with Crippen molar-refractivity contribution in [2.45, 2.75) is 38.6 Å². The zero-order valence-corrected chi connectivity index (χ0v) is 16.1. The molecule has 2 unspecified atom stereocenters. The molecule has 27 heavy (non-hydrogen) atoms. The fourth-order valence-electron chi connectivity index (χ4n) is 3.89. The molecule has 0 spiro atoms. The maximum absolute atomic E-state index is 13.7. The first-order chi connectivity index (χ1) is 13.1. The van der Waals surface area contributed by atoms with Crippen LogP contribution < -0.4 is 5.32 Å². The number of aliphatic hydroxyl groups is 1. The summed E-state index contributed by atoms with van der Waals surface area (Å²) in [6.07, 6.45) is 4.67. The summed E-state index contributed by atoms with van der Waals surface area (Å²) >= 11 is 0. The van der Waals surface area contributed by atoms with Gasteiger partial charge in [-0.3, -0.25) is 4.90 Å². The lowest BCUT2D eigenvalue weighted by atomic mass is 9.86. The number of halogens is 1. The molecular weight excluding hydrogens is 347 g/mol. The number of rotatable bonds is 4. The van der Waals surface area contributed by atoms with Gasteiger partial charge in [0.25, 0.3) is 0 Å². The zero-order chi connectivity index (χ0) is 19.2. The summed E-state index contributed by atoms with van der Waals surface area (Å²) in [5.41, 5.74) is 0.343. The molecule has 1 saturated carbocycles. The number of guanidine groups is 1. The number of piperazine rings is 1. The first-order valence-corrected chi connectivity index (χ1v) is 9.98. The highest BCUT2D eigenvalue weighted by Gasteiger charge is 2.25. The minimum absolute atomic E-state index is 0.0136. The molecule has 1 aromatic rings. The van der Waals surface area contributed by atoms with E-state index in [0.29, 0.717) is 24.1 Å². The molecule has 0 aromatic heterocycles. The van der Waals surface area contributed by atoms with Crippen LogP contribution in [0.4, 0.5) is 10.1 Å². The molecule has 1 aliphatic carbocycles. The van der Waals surface area contributed by atoms with Crippen molar-refractivity contribution in [1.82, 2.24) is 9.80 Å². The molecule has 1 heterocycles. The molecule has 2 aliphatic rings. The minimum Gasteiger partial charge on any atom is -0.506 e. The van der Waals surface area contributed by atoms with Crippen molar-refractivity contribution in [3.8, 4) is 5.75 Å². The Hall–Kier alpha value is -1.86. The fraction of sp³-hybridized carbons (Fsp3) is 0.650. The summed E-state index contributed by atoms with van der Waals surface area (Å²) in [5.74, 6) is 0.846. The Balaban J connectivity index is 1.79. The molecule has 6 nitrogen and oxygen atoms in total. The third-order valence-electron chi connectivity index (χ3n) is 5.65. The number of phenolic OH excluding ortho intramolecular Hbond substituents is 1. The van der Waals surface area contributed by atoms with E-state index in [1.807, 2.05) is 0 Å². The molecule has 0 bridgehead atoms. The van der Waals surface area contributed by atoms with Crippen LogP contribution >= 0.6 is 0 Å². The number of hydrogen-bond acceptors (Lipinski definition) is 4. The number of aliphatic imine (C=N–C) groups is 1. The van der Waals surface area contributed by atoms with Gasteiger partial charge in [0, 0.05) is 38.8 Å². The second-order valence-electron chi connectivity index (χ2n) is 7.62. The highest BCUT2D eigenvalue weighted by Crippen LogP contribution is 2.28. The summed E-state index contributed by atoms with van der Waals surface area (Å²) in [6.45, 7) is 6.33. The van der Waals surface area contributed by atoms with E-state index in [4.69, 9.17) is 10.1 Å². The quantitative estimate of drug-likeness (QED) is 0.427. The van der Waals surface area contributed by atoms with E-state index in [9.17, 15) is 9.50 Å². The van der Waals surface area contributed by atoms with Crippen LogP contribution in [0.1, 0.15) is 32.6 Å². The highest BCUT2D eigenvalue weighted by molar-refractivity contribution is 5.95. The van der Waals surface area contributed by atoms with Crippen molar-refractivity contribution in [3.05, 3.63) is 24.0 Å². The number of phenols is 1. The number of benzene rings is 1. The summed E-state index contributed by atoms with van der Waals surface area (Å²) in [4.78, 5) is 9.39. The van der Waals surface area contributed by atoms with Gasteiger partial charge in [-0.2, -0.15) is 0 Å². The van der Waals surface area contributed by atoms with Crippen LogP contribution in [0, 0.1) is 11.7 Å². The van der Waals surface area contributed by atoms with Gasteiger partial charge in [0.1, 0.15) is 11.6 Å². The molecule has 3 N–H and O–H groups in total. The van der Waals surface area contributed by atoms with Crippen LogP contribution in [0.3, 0.4) is 0 Å². The molecule has 1 aromatic carbocycles. The van der Waals surface area contributed by atoms with Gasteiger partial charge in [-0.25, -0.2) is 9.38 Å². The van der Waals surface area contributed by atoms with E-state index in [2.05, 4.69) is 22.0 Å². The Morgan fingerprint density at radius 3 is 2.67 bits per heavy atom. The lowest BCUT2D eigenvalue weighted by molar-refractivity contribution is 0.146. The van der Waals surface area contributed by atoms with Gasteiger partial charge in [-0.05, 0) is 30.9 Å². The molecule has 2 atom stereocenters. The average Bonchev–Trinajstić information content (AvgIpc) is 2.67. The van der Waals surface area contributed by atoms with Crippen LogP contribution in [0.5, 0.6) is 5.75 Å². The molecule has 2 fully saturated rings. The standard InChI is InChI=1S/C20H31FN4O2/c1-15-4-2-3-5-17(15)22-20(23-18-14-16(21)6-7-19(18)27)25-10-8-24(9-11-25)12-13-26/h6-7,14-15,17,26-27H,2-5,8-13H2,1H3,(H,22,23). The number of hydrogen-bond donors (Lipinski definition) is 3. The van der Waals surface area contributed by atoms with Gasteiger partial charge >= 0.3 is 0 Å². The third-order valence-corrected chi connectivity index (χ3v) is 5.65. The predicted molar refractivity (Wildman–Crippen MR) is 106 cm³/mol. The molecule has 0 radical (unpaired) electrons. The van der Waals surface area contributed by atoms with Crippen LogP contribution in [-0.2, 0) is 0 Å². The fourth-order valence-corrected chi connectivity index (χ4v) is 3.89. The lowest BCUT2D eigenvalue weighted by Crippen LogP contribution is -2.51. The van der Waals surface area contributed by atoms with Crippen LogP contribution in [0.25, 0.3) is 0 Å². The number of aliphatic hydroxyl groups excluding tert-OH is 1. The Bertz CT molecular complexity index is 647. The monoisotopic (exact) mass is 378 g/mol. The molecule has 7 heteroatoms. The number of nitrogens with one attached hydrogen (secondary N) is 1. The highest BCUT2D eigenvalue weighted by atomic mass is 19.1. The van der Waals surface area contributed by atoms with Gasteiger partial charge in [0.05, 0.1) is 18.3 Å². The first kappa shape index (κ1) is 19.9. The zero-order valence-electron chi connectivity index (χ0n) is 16.1. The topological polar surface area (TPSA) is 71.3 Å². The van der Waals surface area contributed by atoms with Gasteiger partial charge in [0.15, 0.2) is 5.96 Å². The van der Waals surface area contributed by atoms with E-state index in [1.165, 1.54) is 37.5 Å². The molecule has 150 valence electrons. The largest absolute Gasteiger partial charge is 0.506 e. The SMILES string of the molecule is CC1CCCCC1N=C(Nc1cc(F)ccc1O)N1CCN(CCO)CC1. The van der Waals surface area contributed by atoms with E-state index in [-0.39, 0.29) is 18.4 Å². The van der Waals surface area contributed by atoms with Crippen LogP contribution in [0.2, 0.25) is 0 Å². The second-order valence-corrected chi connectivity index (χ2v) is 7.62. The number of β-amino-alcohol motifs (C(OH)–C–C–N with tert-alkyl or cyclic N) is 1. The summed E-state index contributed by atoms with van der Waals surface area (Å²) in [6, 6.07) is 4.15. The van der Waals surface area contributed by atoms with Crippen LogP contribution in [-0.4, -0.2) is 71.3 Å². The van der Waals surface area contributed by atoms with Crippen molar-refractivity contribution in [2.75, 3.05) is 44.6 Å². The predicted octanol–water partition coefficient (Wildman–Crippen LogP) is 2.49. The van der Waals surface area contributed by atoms with Crippen molar-refractivity contribution in [2.24, 2.45) is 10.9 Å². The van der Waals surface area contributed by atoms with Crippen LogP contribution in [0.15, 0.2) is 23.2 Å². The Morgan fingerprint density at radius 1 is 1.22 bits per heavy atom. The van der Waals surface area contributed by atoms with Gasteiger partial charge < -0.3 is 20.4 Å². The minimum atomic E-state index is -0.395. The molecule has 1 aliphatic heterocycles. The van der Waals surface area contributed by atoms with E-state index in [1.54, 1.807) is 0 Å². The van der Waals surface area contributed by atoms with Gasteiger partial charge in [0.2, 0.25) is 0 Å². The molecule has 0 amide bonds. The second kappa shape index (κ2) is 9.37. The molecular formula is C20H31FN4O2. The Kier molecular flexibility index (Phi) is 6.90. The Morgan fingerprint density at radius 2 is 1.96 bits per heavy atom. The normalized spacial score (nSPS) is 24.9. The van der Waals surface area contributed by atoms with Crippen molar-refractivity contribution >= 4 is 11.6 Å². The van der Waals surface area contributed by atoms with Crippen molar-refractivity contribution in [1.29, 1.82) is 0 Å². The van der Waals surface area contributed by atoms with Crippen molar-refractivity contribution in [3.63, 3.8) is 0 Å². The maximum Gasteiger partial charge on any atom is 0.198 e. The average molecular weight is 378 g/mol. The Labute approximate surface area is 160 Å². The summed E-state index contributed by atoms with van der Waals surface area (Å²) < 4.78 is 13.7. The van der Waals surface area contributed by atoms with Crippen molar-refractivity contribution < 1.29 is 14.6 Å².